The third-order valence-electron chi connectivity index (χ3n) is 3.60. The van der Waals surface area contributed by atoms with E-state index in [1.807, 2.05) is 0 Å². The number of phosphoric acid groups is 1. The minimum Gasteiger partial charge on any atom is -0.812 e. The molecule has 20 heteroatoms. The molecule has 0 radical (unpaired) electrons. The van der Waals surface area contributed by atoms with Gasteiger partial charge in [0.25, 0.3) is 7.82 Å². The van der Waals surface area contributed by atoms with Gasteiger partial charge in [-0.15, -0.1) is 11.8 Å². The summed E-state index contributed by atoms with van der Waals surface area (Å²) in [6, 6.07) is 0. The van der Waals surface area contributed by atoms with Gasteiger partial charge in [-0.25, -0.2) is 15.0 Å². The number of aliphatic hydroxyl groups is 2. The topological polar surface area (TPSA) is 224 Å². The van der Waals surface area contributed by atoms with Gasteiger partial charge in [0.15, 0.2) is 17.7 Å². The molecule has 4 N–H and O–H groups in total. The Morgan fingerprint density at radius 3 is 2.43 bits per heavy atom. The molecule has 14 nitrogen and oxygen atoms in total. The summed E-state index contributed by atoms with van der Waals surface area (Å²) in [6.07, 6.45) is -3.23. The normalized spacial score (nSPS) is 25.6. The minimum absolute atomic E-state index is 0. The summed E-state index contributed by atoms with van der Waals surface area (Å²) in [6.45, 7) is -5.86. The molecule has 0 aliphatic carbocycles. The fourth-order valence-electron chi connectivity index (χ4n) is 2.46. The summed E-state index contributed by atoms with van der Waals surface area (Å²) < 4.78 is 26.1. The van der Waals surface area contributed by atoms with Crippen LogP contribution in [-0.4, -0.2) is 54.7 Å². The predicted molar refractivity (Wildman–Crippen MR) is 84.6 cm³/mol. The van der Waals surface area contributed by atoms with Crippen molar-refractivity contribution in [1.29, 1.82) is 0 Å². The Morgan fingerprint density at radius 1 is 1.20 bits per heavy atom. The smallest absolute Gasteiger partial charge is 0.812 e. The molecular formula is C10H12Li3N5O9P2S. The van der Waals surface area contributed by atoms with E-state index in [-0.39, 0.29) is 73.6 Å². The summed E-state index contributed by atoms with van der Waals surface area (Å²) in [5.74, 6) is 0.0852. The van der Waals surface area contributed by atoms with E-state index in [1.165, 1.54) is 10.9 Å². The van der Waals surface area contributed by atoms with Gasteiger partial charge in [0, 0.05) is 0 Å². The Bertz CT molecular complexity index is 951. The average molecular weight is 461 g/mol. The number of nitrogens with two attached hydrogens (primary N) is 1. The van der Waals surface area contributed by atoms with Crippen LogP contribution in [0.1, 0.15) is 6.23 Å². The van der Waals surface area contributed by atoms with Gasteiger partial charge in [0.05, 0.1) is 12.9 Å². The first-order valence-electron chi connectivity index (χ1n) is 7.12. The quantitative estimate of drug-likeness (QED) is 0.268. The molecule has 30 heavy (non-hydrogen) atoms. The molecular weight excluding hydrogens is 449 g/mol. The molecule has 3 rings (SSSR count). The maximum atomic E-state index is 11.4. The van der Waals surface area contributed by atoms with Crippen molar-refractivity contribution in [3.05, 3.63) is 12.7 Å². The van der Waals surface area contributed by atoms with E-state index in [9.17, 15) is 29.5 Å². The Labute approximate surface area is 210 Å². The van der Waals surface area contributed by atoms with Gasteiger partial charge in [-0.1, -0.05) is 6.72 Å². The second-order valence-electron chi connectivity index (χ2n) is 5.40. The van der Waals surface area contributed by atoms with E-state index in [4.69, 9.17) is 10.5 Å². The van der Waals surface area contributed by atoms with Gasteiger partial charge in [0.1, 0.15) is 30.2 Å². The van der Waals surface area contributed by atoms with Gasteiger partial charge in [0.2, 0.25) is 0 Å². The summed E-state index contributed by atoms with van der Waals surface area (Å²) >= 11 is 3.82. The van der Waals surface area contributed by atoms with Crippen LogP contribution in [0.15, 0.2) is 12.7 Å². The molecule has 1 aliphatic heterocycles. The van der Waals surface area contributed by atoms with Crippen molar-refractivity contribution in [2.24, 2.45) is 0 Å². The van der Waals surface area contributed by atoms with Crippen LogP contribution >= 0.6 is 14.5 Å². The van der Waals surface area contributed by atoms with Crippen LogP contribution < -0.4 is 77.0 Å². The number of nitrogens with zero attached hydrogens (tertiary/aromatic N) is 4. The third-order valence-corrected chi connectivity index (χ3v) is 6.26. The number of hydrogen-bond acceptors (Lipinski definition) is 14. The van der Waals surface area contributed by atoms with Gasteiger partial charge in [-0.3, -0.25) is 9.13 Å². The van der Waals surface area contributed by atoms with Gasteiger partial charge in [-0.05, 0) is 0 Å². The molecule has 1 aliphatic rings. The monoisotopic (exact) mass is 461 g/mol. The third kappa shape index (κ3) is 7.10. The molecule has 150 valence electrons. The van der Waals surface area contributed by atoms with Crippen molar-refractivity contribution in [2.45, 2.75) is 24.5 Å². The predicted octanol–water partition coefficient (Wildman–Crippen LogP) is -12.5. The van der Waals surface area contributed by atoms with E-state index >= 15 is 0 Å². The first kappa shape index (κ1) is 30.7. The van der Waals surface area contributed by atoms with Crippen LogP contribution in [0.5, 0.6) is 0 Å². The van der Waals surface area contributed by atoms with Crippen LogP contribution in [0.3, 0.4) is 0 Å². The second-order valence-corrected chi connectivity index (χ2v) is 9.44. The number of rotatable bonds is 6. The van der Waals surface area contributed by atoms with E-state index in [2.05, 4.69) is 35.6 Å². The number of phosphoric ester groups is 1. The van der Waals surface area contributed by atoms with Crippen molar-refractivity contribution >= 4 is 43.3 Å². The van der Waals surface area contributed by atoms with Gasteiger partial charge >= 0.3 is 56.6 Å². The standard InChI is InChI=1S/C10H15N5O9P2S.3Li/c11-8-5-9(13-2-12-8)15(3-14-5)10-7(17)6(16)4(23-10)1-22-25(18,19)24-26(20,21)27;;;/h2-4,6-7,10,16-17H,1H2,(H,18,19)(H2,11,12,13)(H2,20,21,27);;;/q;3*+1/p-3. The number of hydrogen-bond donors (Lipinski definition) is 3. The maximum Gasteiger partial charge on any atom is 1.00 e. The summed E-state index contributed by atoms with van der Waals surface area (Å²) in [5, 5.41) is 20.3. The first-order chi connectivity index (χ1) is 12.5. The molecule has 0 saturated carbocycles. The largest absolute Gasteiger partial charge is 1.00 e. The number of nitrogen functional groups attached to an aromatic ring is 1. The molecule has 1 fully saturated rings. The van der Waals surface area contributed by atoms with Crippen molar-refractivity contribution in [2.75, 3.05) is 12.3 Å². The van der Waals surface area contributed by atoms with Crippen molar-refractivity contribution in [3.63, 3.8) is 0 Å². The Hall–Kier alpha value is 0.702. The Balaban J connectivity index is 0.00000280. The van der Waals surface area contributed by atoms with E-state index < -0.39 is 45.7 Å². The van der Waals surface area contributed by atoms with Crippen LogP contribution in [0.4, 0.5) is 5.82 Å². The zero-order chi connectivity index (χ0) is 20.0. The van der Waals surface area contributed by atoms with Crippen LogP contribution in [0.25, 0.3) is 11.2 Å². The first-order valence-corrected chi connectivity index (χ1v) is 11.1. The molecule has 0 aromatic carbocycles. The molecule has 5 unspecified atom stereocenters. The van der Waals surface area contributed by atoms with Gasteiger partial charge in [-0.2, -0.15) is 0 Å². The fraction of sp³-hybridized carbons (Fsp3) is 0.500. The second kappa shape index (κ2) is 11.7. The molecule has 2 aromatic heterocycles. The van der Waals surface area contributed by atoms with Crippen molar-refractivity contribution in [3.8, 4) is 0 Å². The summed E-state index contributed by atoms with van der Waals surface area (Å²) in [4.78, 5) is 44.6. The Kier molecular flexibility index (Phi) is 12.0. The number of imidazole rings is 1. The van der Waals surface area contributed by atoms with Crippen molar-refractivity contribution < 1.29 is 99.6 Å². The zero-order valence-corrected chi connectivity index (χ0v) is 18.7. The number of aliphatic hydroxyl groups excluding tert-OH is 2. The molecule has 0 amide bonds. The van der Waals surface area contributed by atoms with E-state index in [0.29, 0.717) is 0 Å². The van der Waals surface area contributed by atoms with Gasteiger partial charge < -0.3 is 44.2 Å². The molecule has 3 heterocycles. The summed E-state index contributed by atoms with van der Waals surface area (Å²) in [7, 11) is -5.30. The Morgan fingerprint density at radius 2 is 1.83 bits per heavy atom. The number of anilines is 1. The summed E-state index contributed by atoms with van der Waals surface area (Å²) in [5.41, 5.74) is 6.11. The van der Waals surface area contributed by atoms with E-state index in [0.717, 1.165) is 6.33 Å². The molecule has 0 spiro atoms. The van der Waals surface area contributed by atoms with Crippen LogP contribution in [0, 0.1) is 0 Å². The van der Waals surface area contributed by atoms with Crippen LogP contribution in [-0.2, 0) is 29.9 Å². The molecule has 2 aromatic rings. The number of fused-ring (bicyclic) bond motifs is 1. The number of ether oxygens (including phenoxy) is 1. The maximum absolute atomic E-state index is 11.4. The average Bonchev–Trinajstić information content (AvgIpc) is 3.07. The zero-order valence-electron chi connectivity index (χ0n) is 16.1. The molecule has 1 saturated heterocycles. The minimum atomic E-state index is -5.30. The SMILES string of the molecule is Nc1ncnc2c1ncn2C1OC(COP(=O)([O-])OP([O-])([O-])=S)C(O)C1O.[Li+].[Li+].[Li+]. The number of aromatic nitrogens is 4. The van der Waals surface area contributed by atoms with Crippen LogP contribution in [0.2, 0.25) is 0 Å². The van der Waals surface area contributed by atoms with E-state index in [1.54, 1.807) is 0 Å². The fourth-order valence-corrected chi connectivity index (χ4v) is 4.70. The molecule has 0 bridgehead atoms. The molecule has 5 atom stereocenters. The van der Waals surface area contributed by atoms with Crippen molar-refractivity contribution in [1.82, 2.24) is 19.5 Å².